The second kappa shape index (κ2) is 13.3. The van der Waals surface area contributed by atoms with Gasteiger partial charge in [-0.25, -0.2) is 10.2 Å². The number of carbonyl (C=O) groups excluding carboxylic acids is 4. The highest BCUT2D eigenvalue weighted by Crippen LogP contribution is 2.18. The minimum Gasteiger partial charge on any atom is -0.497 e. The average Bonchev–Trinajstić information content (AvgIpc) is 2.99. The van der Waals surface area contributed by atoms with Crippen molar-refractivity contribution < 1.29 is 28.7 Å². The van der Waals surface area contributed by atoms with Crippen LogP contribution in [-0.2, 0) is 9.59 Å². The lowest BCUT2D eigenvalue weighted by Crippen LogP contribution is -2.33. The summed E-state index contributed by atoms with van der Waals surface area (Å²) < 4.78 is 10.4. The molecule has 0 saturated heterocycles. The minimum atomic E-state index is -1.03. The molecule has 0 bridgehead atoms. The first-order valence-electron chi connectivity index (χ1n) is 12.4. The number of hydrogen-bond donors (Lipinski definition) is 3. The zero-order chi connectivity index (χ0) is 29.2. The van der Waals surface area contributed by atoms with Gasteiger partial charge in [0.2, 0.25) is 0 Å². The number of hydrazone groups is 1. The smallest absolute Gasteiger partial charge is 0.343 e. The van der Waals surface area contributed by atoms with Crippen LogP contribution in [0.15, 0.2) is 102 Å². The SMILES string of the molecule is COc1ccc(C(=O)Oc2ccc(C=NNC(=O)C(=O)Nc3ccccc3C(=O)Nc3ccc(C)cc3)cc2)cc1. The first-order valence-corrected chi connectivity index (χ1v) is 12.4. The monoisotopic (exact) mass is 550 g/mol. The number of ether oxygens (including phenoxy) is 2. The average molecular weight is 551 g/mol. The summed E-state index contributed by atoms with van der Waals surface area (Å²) in [5.41, 5.74) is 5.09. The first-order chi connectivity index (χ1) is 19.8. The molecule has 0 saturated carbocycles. The molecule has 41 heavy (non-hydrogen) atoms. The molecule has 4 aromatic rings. The van der Waals surface area contributed by atoms with E-state index in [1.54, 1.807) is 72.8 Å². The maximum absolute atomic E-state index is 12.8. The number of anilines is 2. The number of nitrogens with one attached hydrogen (secondary N) is 3. The van der Waals surface area contributed by atoms with Gasteiger partial charge >= 0.3 is 17.8 Å². The van der Waals surface area contributed by atoms with Crippen LogP contribution in [0.3, 0.4) is 0 Å². The van der Waals surface area contributed by atoms with E-state index in [2.05, 4.69) is 21.2 Å². The Labute approximate surface area is 236 Å². The number of hydrogen-bond acceptors (Lipinski definition) is 7. The van der Waals surface area contributed by atoms with Gasteiger partial charge in [0.15, 0.2) is 0 Å². The van der Waals surface area contributed by atoms with Crippen molar-refractivity contribution in [1.82, 2.24) is 5.43 Å². The Morgan fingerprint density at radius 3 is 2.07 bits per heavy atom. The fourth-order valence-corrected chi connectivity index (χ4v) is 3.54. The molecule has 0 aromatic heterocycles. The van der Waals surface area contributed by atoms with Crippen LogP contribution in [0.1, 0.15) is 31.8 Å². The normalized spacial score (nSPS) is 10.5. The van der Waals surface area contributed by atoms with E-state index < -0.39 is 23.7 Å². The lowest BCUT2D eigenvalue weighted by molar-refractivity contribution is -0.136. The third-order valence-corrected chi connectivity index (χ3v) is 5.73. The molecule has 0 atom stereocenters. The van der Waals surface area contributed by atoms with Gasteiger partial charge in [0.1, 0.15) is 11.5 Å². The highest BCUT2D eigenvalue weighted by molar-refractivity contribution is 6.40. The van der Waals surface area contributed by atoms with E-state index in [1.165, 1.54) is 25.5 Å². The van der Waals surface area contributed by atoms with Crippen LogP contribution in [-0.4, -0.2) is 37.0 Å². The number of benzene rings is 4. The molecule has 206 valence electrons. The van der Waals surface area contributed by atoms with Crippen LogP contribution >= 0.6 is 0 Å². The van der Waals surface area contributed by atoms with Gasteiger partial charge in [-0.15, -0.1) is 0 Å². The first kappa shape index (κ1) is 28.2. The third-order valence-electron chi connectivity index (χ3n) is 5.73. The van der Waals surface area contributed by atoms with Gasteiger partial charge in [0.05, 0.1) is 30.1 Å². The largest absolute Gasteiger partial charge is 0.497 e. The quantitative estimate of drug-likeness (QED) is 0.0968. The summed E-state index contributed by atoms with van der Waals surface area (Å²) >= 11 is 0. The zero-order valence-electron chi connectivity index (χ0n) is 22.2. The maximum atomic E-state index is 12.8. The Kier molecular flexibility index (Phi) is 9.19. The Morgan fingerprint density at radius 1 is 0.732 bits per heavy atom. The molecular weight excluding hydrogens is 524 g/mol. The Balaban J connectivity index is 1.29. The second-order valence-corrected chi connectivity index (χ2v) is 8.71. The van der Waals surface area contributed by atoms with E-state index in [-0.39, 0.29) is 11.3 Å². The molecule has 10 nitrogen and oxygen atoms in total. The molecule has 0 heterocycles. The topological polar surface area (TPSA) is 135 Å². The predicted octanol–water partition coefficient (Wildman–Crippen LogP) is 4.56. The van der Waals surface area contributed by atoms with Crippen molar-refractivity contribution in [3.05, 3.63) is 119 Å². The predicted molar refractivity (Wildman–Crippen MR) is 154 cm³/mol. The lowest BCUT2D eigenvalue weighted by atomic mass is 10.1. The van der Waals surface area contributed by atoms with Gasteiger partial charge < -0.3 is 20.1 Å². The van der Waals surface area contributed by atoms with Gasteiger partial charge in [0.25, 0.3) is 5.91 Å². The molecule has 0 aliphatic carbocycles. The van der Waals surface area contributed by atoms with Crippen molar-refractivity contribution >= 4 is 41.3 Å². The van der Waals surface area contributed by atoms with Crippen LogP contribution in [0, 0.1) is 6.92 Å². The van der Waals surface area contributed by atoms with E-state index in [9.17, 15) is 19.2 Å². The van der Waals surface area contributed by atoms with E-state index in [1.807, 2.05) is 19.1 Å². The second-order valence-electron chi connectivity index (χ2n) is 8.71. The van der Waals surface area contributed by atoms with E-state index >= 15 is 0 Å². The number of rotatable bonds is 8. The summed E-state index contributed by atoms with van der Waals surface area (Å²) in [5, 5.41) is 9.00. The number of amides is 3. The van der Waals surface area contributed by atoms with Crippen molar-refractivity contribution in [2.24, 2.45) is 5.10 Å². The van der Waals surface area contributed by atoms with Crippen molar-refractivity contribution in [2.45, 2.75) is 6.92 Å². The van der Waals surface area contributed by atoms with E-state index in [0.717, 1.165) is 5.56 Å². The summed E-state index contributed by atoms with van der Waals surface area (Å²) in [7, 11) is 1.54. The summed E-state index contributed by atoms with van der Waals surface area (Å²) in [6.07, 6.45) is 1.32. The van der Waals surface area contributed by atoms with Crippen molar-refractivity contribution in [3.63, 3.8) is 0 Å². The molecule has 10 heteroatoms. The zero-order valence-corrected chi connectivity index (χ0v) is 22.2. The van der Waals surface area contributed by atoms with Gasteiger partial charge in [-0.05, 0) is 85.3 Å². The number of nitrogens with zero attached hydrogens (tertiary/aromatic N) is 1. The molecule has 0 aliphatic heterocycles. The Hall–Kier alpha value is -5.77. The maximum Gasteiger partial charge on any atom is 0.343 e. The molecule has 0 unspecified atom stereocenters. The highest BCUT2D eigenvalue weighted by atomic mass is 16.5. The standard InChI is InChI=1S/C31H26N4O6/c1-20-7-13-23(14-8-20)33-28(36)26-5-3-4-6-27(26)34-29(37)30(38)35-32-19-21-9-15-25(16-10-21)41-31(39)22-11-17-24(40-2)18-12-22/h3-19H,1-2H3,(H,33,36)(H,34,37)(H,35,38). The van der Waals surface area contributed by atoms with Crippen molar-refractivity contribution in [3.8, 4) is 11.5 Å². The number of carbonyl (C=O) groups is 4. The molecule has 3 amide bonds. The number of aryl methyl sites for hydroxylation is 1. The summed E-state index contributed by atoms with van der Waals surface area (Å²) in [5.74, 6) is -2.06. The molecule has 0 spiro atoms. The lowest BCUT2D eigenvalue weighted by Gasteiger charge is -2.11. The minimum absolute atomic E-state index is 0.168. The Morgan fingerprint density at radius 2 is 1.39 bits per heavy atom. The number of methoxy groups -OCH3 is 1. The fourth-order valence-electron chi connectivity index (χ4n) is 3.54. The molecule has 4 rings (SSSR count). The summed E-state index contributed by atoms with van der Waals surface area (Å²) in [6, 6.07) is 26.5. The fraction of sp³-hybridized carbons (Fsp3) is 0.0645. The molecule has 4 aromatic carbocycles. The molecule has 3 N–H and O–H groups in total. The van der Waals surface area contributed by atoms with Gasteiger partial charge in [-0.1, -0.05) is 29.8 Å². The number of para-hydroxylation sites is 1. The summed E-state index contributed by atoms with van der Waals surface area (Å²) in [6.45, 7) is 1.94. The van der Waals surface area contributed by atoms with Crippen molar-refractivity contribution in [2.75, 3.05) is 17.7 Å². The number of esters is 1. The molecular formula is C31H26N4O6. The molecule has 0 fully saturated rings. The molecule has 0 aliphatic rings. The van der Waals surface area contributed by atoms with Crippen LogP contribution in [0.2, 0.25) is 0 Å². The van der Waals surface area contributed by atoms with Crippen LogP contribution in [0.25, 0.3) is 0 Å². The van der Waals surface area contributed by atoms with Crippen LogP contribution in [0.5, 0.6) is 11.5 Å². The van der Waals surface area contributed by atoms with Gasteiger partial charge in [-0.2, -0.15) is 5.10 Å². The van der Waals surface area contributed by atoms with Crippen LogP contribution < -0.4 is 25.5 Å². The summed E-state index contributed by atoms with van der Waals surface area (Å²) in [4.78, 5) is 49.8. The highest BCUT2D eigenvalue weighted by Gasteiger charge is 2.18. The van der Waals surface area contributed by atoms with Gasteiger partial charge in [0, 0.05) is 5.69 Å². The van der Waals surface area contributed by atoms with Crippen LogP contribution in [0.4, 0.5) is 11.4 Å². The Bertz CT molecular complexity index is 1580. The van der Waals surface area contributed by atoms with Crippen molar-refractivity contribution in [1.29, 1.82) is 0 Å². The molecule has 0 radical (unpaired) electrons. The van der Waals surface area contributed by atoms with E-state index in [4.69, 9.17) is 9.47 Å². The third kappa shape index (κ3) is 7.87. The van der Waals surface area contributed by atoms with Gasteiger partial charge in [-0.3, -0.25) is 14.4 Å². The van der Waals surface area contributed by atoms with E-state index in [0.29, 0.717) is 28.3 Å².